The number of carbonyl (C=O) groups excluding carboxylic acids is 2. The molecule has 14 heteroatoms. The maximum atomic E-state index is 13.8. The third-order valence-corrected chi connectivity index (χ3v) is 9.25. The summed E-state index contributed by atoms with van der Waals surface area (Å²) < 4.78 is 47.0. The van der Waals surface area contributed by atoms with Crippen molar-refractivity contribution in [3.63, 3.8) is 0 Å². The zero-order chi connectivity index (χ0) is 30.6. The number of sulfonamides is 1. The number of halogens is 3. The van der Waals surface area contributed by atoms with Crippen LogP contribution in [0.2, 0.25) is 10.0 Å². The molecule has 0 aromatic heterocycles. The van der Waals surface area contributed by atoms with Gasteiger partial charge in [-0.25, -0.2) is 12.8 Å². The number of carboxylic acid groups (broad SMARTS) is 1. The summed E-state index contributed by atoms with van der Waals surface area (Å²) in [6.45, 7) is -0.344. The molecule has 4 rings (SSSR count). The molecule has 3 aromatic carbocycles. The van der Waals surface area contributed by atoms with Crippen LogP contribution in [0.5, 0.6) is 5.75 Å². The number of hydrogen-bond donors (Lipinski definition) is 2. The highest BCUT2D eigenvalue weighted by molar-refractivity contribution is 7.89. The lowest BCUT2D eigenvalue weighted by Crippen LogP contribution is -2.54. The fourth-order valence-electron chi connectivity index (χ4n) is 4.55. The van der Waals surface area contributed by atoms with Gasteiger partial charge in [-0.05, 0) is 53.6 Å². The second-order valence-corrected chi connectivity index (χ2v) is 12.1. The van der Waals surface area contributed by atoms with Crippen molar-refractivity contribution in [3.8, 4) is 5.75 Å². The van der Waals surface area contributed by atoms with Crippen LogP contribution in [-0.2, 0) is 30.8 Å². The van der Waals surface area contributed by atoms with Gasteiger partial charge in [-0.3, -0.25) is 14.4 Å². The van der Waals surface area contributed by atoms with E-state index in [0.717, 1.165) is 27.4 Å². The van der Waals surface area contributed by atoms with Gasteiger partial charge in [0.1, 0.15) is 11.6 Å². The van der Waals surface area contributed by atoms with Gasteiger partial charge in [0.25, 0.3) is 5.91 Å². The van der Waals surface area contributed by atoms with E-state index in [4.69, 9.17) is 27.9 Å². The van der Waals surface area contributed by atoms with E-state index in [2.05, 4.69) is 5.32 Å². The van der Waals surface area contributed by atoms with Crippen molar-refractivity contribution in [2.24, 2.45) is 0 Å². The van der Waals surface area contributed by atoms with E-state index >= 15 is 0 Å². The highest BCUT2D eigenvalue weighted by atomic mass is 35.5. The molecule has 0 spiro atoms. The summed E-state index contributed by atoms with van der Waals surface area (Å²) in [4.78, 5) is 39.8. The van der Waals surface area contributed by atoms with Gasteiger partial charge in [-0.15, -0.1) is 0 Å². The number of amides is 2. The Morgan fingerprint density at radius 2 is 1.69 bits per heavy atom. The molecule has 42 heavy (non-hydrogen) atoms. The van der Waals surface area contributed by atoms with Crippen molar-refractivity contribution in [3.05, 3.63) is 93.7 Å². The molecule has 1 aliphatic rings. The number of carboxylic acids is 1. The minimum Gasteiger partial charge on any atom is -0.497 e. The first-order chi connectivity index (χ1) is 19.9. The van der Waals surface area contributed by atoms with Crippen molar-refractivity contribution in [2.75, 3.05) is 20.2 Å². The Balaban J connectivity index is 1.69. The van der Waals surface area contributed by atoms with E-state index in [-0.39, 0.29) is 40.0 Å². The Hall–Kier alpha value is -3.71. The predicted octanol–water partition coefficient (Wildman–Crippen LogP) is 3.88. The maximum absolute atomic E-state index is 13.8. The lowest BCUT2D eigenvalue weighted by atomic mass is 10.0. The topological polar surface area (TPSA) is 133 Å². The summed E-state index contributed by atoms with van der Waals surface area (Å²) in [6, 6.07) is 14.0. The SMILES string of the molecule is COc1ccc(CC(=O)N2CCN(S(=O)(=O)c3ccc(Cl)c(Cl)c3)C2C(=O)NC(CC(=O)O)c2ccc(F)cc2)cc1. The summed E-state index contributed by atoms with van der Waals surface area (Å²) in [5.74, 6) is -2.72. The largest absolute Gasteiger partial charge is 0.497 e. The Labute approximate surface area is 251 Å². The molecular formula is C28H26Cl2FN3O7S. The molecular weight excluding hydrogens is 612 g/mol. The summed E-state index contributed by atoms with van der Waals surface area (Å²) in [5, 5.41) is 12.1. The predicted molar refractivity (Wildman–Crippen MR) is 152 cm³/mol. The molecule has 2 N–H and O–H groups in total. The van der Waals surface area contributed by atoms with Gasteiger partial charge in [-0.1, -0.05) is 47.5 Å². The summed E-state index contributed by atoms with van der Waals surface area (Å²) in [6.07, 6.45) is -2.39. The monoisotopic (exact) mass is 637 g/mol. The lowest BCUT2D eigenvalue weighted by Gasteiger charge is -2.30. The molecule has 1 aliphatic heterocycles. The maximum Gasteiger partial charge on any atom is 0.305 e. The van der Waals surface area contributed by atoms with Gasteiger partial charge in [0.2, 0.25) is 15.9 Å². The number of carbonyl (C=O) groups is 3. The summed E-state index contributed by atoms with van der Waals surface area (Å²) >= 11 is 12.0. The fourth-order valence-corrected chi connectivity index (χ4v) is 6.49. The third-order valence-electron chi connectivity index (χ3n) is 6.66. The molecule has 2 unspecified atom stereocenters. The first-order valence-electron chi connectivity index (χ1n) is 12.6. The number of benzene rings is 3. The average Bonchev–Trinajstić information content (AvgIpc) is 3.41. The molecule has 0 bridgehead atoms. The first-order valence-corrected chi connectivity index (χ1v) is 14.8. The average molecular weight is 639 g/mol. The number of methoxy groups -OCH3 is 1. The van der Waals surface area contributed by atoms with Gasteiger partial charge in [0, 0.05) is 13.1 Å². The second-order valence-electron chi connectivity index (χ2n) is 9.39. The molecule has 0 aliphatic carbocycles. The van der Waals surface area contributed by atoms with Crippen LogP contribution in [0.1, 0.15) is 23.6 Å². The molecule has 2 amide bonds. The van der Waals surface area contributed by atoms with Crippen LogP contribution in [0.25, 0.3) is 0 Å². The number of nitrogens with zero attached hydrogens (tertiary/aromatic N) is 2. The standard InChI is InChI=1S/C28H26Cl2FN3O7S/c1-41-20-8-2-17(3-9-20)14-25(35)33-12-13-34(42(39,40)21-10-11-22(29)23(30)15-21)28(33)27(38)32-24(16-26(36)37)18-4-6-19(31)7-5-18/h2-11,15,24,28H,12-14,16H2,1H3,(H,32,38)(H,36,37). The van der Waals surface area contributed by atoms with E-state index in [1.807, 2.05) is 0 Å². The number of hydrogen-bond acceptors (Lipinski definition) is 6. The van der Waals surface area contributed by atoms with Gasteiger partial charge >= 0.3 is 5.97 Å². The van der Waals surface area contributed by atoms with Crippen molar-refractivity contribution in [2.45, 2.75) is 29.9 Å². The van der Waals surface area contributed by atoms with Crippen LogP contribution >= 0.6 is 23.2 Å². The number of ether oxygens (including phenoxy) is 1. The zero-order valence-electron chi connectivity index (χ0n) is 22.2. The molecule has 2 atom stereocenters. The van der Waals surface area contributed by atoms with Crippen molar-refractivity contribution in [1.29, 1.82) is 0 Å². The highest BCUT2D eigenvalue weighted by Gasteiger charge is 2.47. The molecule has 1 heterocycles. The molecule has 10 nitrogen and oxygen atoms in total. The van der Waals surface area contributed by atoms with Gasteiger partial charge in [-0.2, -0.15) is 4.31 Å². The van der Waals surface area contributed by atoms with E-state index in [1.54, 1.807) is 24.3 Å². The number of nitrogens with one attached hydrogen (secondary N) is 1. The van der Waals surface area contributed by atoms with Crippen LogP contribution < -0.4 is 10.1 Å². The van der Waals surface area contributed by atoms with E-state index in [1.165, 1.54) is 31.4 Å². The van der Waals surface area contributed by atoms with Crippen molar-refractivity contribution in [1.82, 2.24) is 14.5 Å². The zero-order valence-corrected chi connectivity index (χ0v) is 24.5. The van der Waals surface area contributed by atoms with E-state index in [9.17, 15) is 32.3 Å². The van der Waals surface area contributed by atoms with E-state index in [0.29, 0.717) is 11.3 Å². The van der Waals surface area contributed by atoms with Gasteiger partial charge < -0.3 is 20.1 Å². The van der Waals surface area contributed by atoms with Crippen LogP contribution in [0.4, 0.5) is 4.39 Å². The van der Waals surface area contributed by atoms with Crippen LogP contribution in [0, 0.1) is 5.82 Å². The molecule has 222 valence electrons. The quantitative estimate of drug-likeness (QED) is 0.345. The Morgan fingerprint density at radius 3 is 2.29 bits per heavy atom. The molecule has 3 aromatic rings. The molecule has 0 saturated carbocycles. The van der Waals surface area contributed by atoms with Crippen molar-refractivity contribution >= 4 is 51.0 Å². The molecule has 0 radical (unpaired) electrons. The second kappa shape index (κ2) is 13.1. The highest BCUT2D eigenvalue weighted by Crippen LogP contribution is 2.31. The van der Waals surface area contributed by atoms with E-state index < -0.39 is 52.3 Å². The van der Waals surface area contributed by atoms with Gasteiger partial charge in [0.15, 0.2) is 6.17 Å². The van der Waals surface area contributed by atoms with Crippen LogP contribution in [0.3, 0.4) is 0 Å². The summed E-state index contributed by atoms with van der Waals surface area (Å²) in [7, 11) is -2.90. The lowest BCUT2D eigenvalue weighted by molar-refractivity contribution is -0.141. The Bertz CT molecular complexity index is 1590. The Kier molecular flexibility index (Phi) is 9.72. The van der Waals surface area contributed by atoms with Crippen LogP contribution in [0.15, 0.2) is 71.6 Å². The number of aliphatic carboxylic acids is 1. The smallest absolute Gasteiger partial charge is 0.305 e. The minimum absolute atomic E-state index is 0.0248. The fraction of sp³-hybridized carbons (Fsp3) is 0.250. The van der Waals surface area contributed by atoms with Crippen LogP contribution in [-0.4, -0.2) is 66.9 Å². The Morgan fingerprint density at radius 1 is 1.02 bits per heavy atom. The normalized spacial score (nSPS) is 16.2. The molecule has 1 fully saturated rings. The minimum atomic E-state index is -4.40. The first kappa shape index (κ1) is 31.2. The number of rotatable bonds is 10. The van der Waals surface area contributed by atoms with Gasteiger partial charge in [0.05, 0.1) is 40.9 Å². The van der Waals surface area contributed by atoms with Crippen molar-refractivity contribution < 1.29 is 37.0 Å². The molecule has 1 saturated heterocycles. The third kappa shape index (κ3) is 7.01. The summed E-state index contributed by atoms with van der Waals surface area (Å²) in [5.41, 5.74) is 0.876.